The largest absolute Gasteiger partial charge is 0.390 e. The van der Waals surface area contributed by atoms with Crippen LogP contribution in [0.1, 0.15) is 19.1 Å². The second-order valence-electron chi connectivity index (χ2n) is 5.48. The third-order valence-electron chi connectivity index (χ3n) is 3.82. The summed E-state index contributed by atoms with van der Waals surface area (Å²) in [7, 11) is -3.89. The number of nitrogens with zero attached hydrogens (tertiary/aromatic N) is 1. The molecule has 0 saturated carbocycles. The van der Waals surface area contributed by atoms with E-state index in [4.69, 9.17) is 13.8 Å². The maximum Gasteiger partial charge on any atom is 0.361 e. The van der Waals surface area contributed by atoms with E-state index in [0.717, 1.165) is 4.57 Å². The SMILES string of the molecule is O=c1[nH]c(=O)n([C@H]2C[C@H](O)[C@@H](C(O)P3(=O)OCCCO3)O2)cc1F. The van der Waals surface area contributed by atoms with Crippen molar-refractivity contribution in [2.24, 2.45) is 0 Å². The molecule has 134 valence electrons. The minimum absolute atomic E-state index is 0.130. The number of halogens is 1. The molecule has 0 bridgehead atoms. The summed E-state index contributed by atoms with van der Waals surface area (Å²) < 4.78 is 41.9. The normalized spacial score (nSPS) is 31.0. The van der Waals surface area contributed by atoms with Crippen LogP contribution in [0.3, 0.4) is 0 Å². The quantitative estimate of drug-likeness (QED) is 0.595. The van der Waals surface area contributed by atoms with E-state index in [2.05, 4.69) is 0 Å². The Kier molecular flexibility index (Phi) is 4.73. The Morgan fingerprint density at radius 3 is 2.71 bits per heavy atom. The smallest absolute Gasteiger partial charge is 0.361 e. The van der Waals surface area contributed by atoms with Crippen molar-refractivity contribution >= 4 is 7.60 Å². The van der Waals surface area contributed by atoms with E-state index in [-0.39, 0.29) is 19.6 Å². The van der Waals surface area contributed by atoms with Crippen LogP contribution in [0.15, 0.2) is 15.8 Å². The first kappa shape index (κ1) is 17.5. The van der Waals surface area contributed by atoms with Crippen molar-refractivity contribution < 1.29 is 33.0 Å². The Bertz CT molecular complexity index is 769. The average Bonchev–Trinajstić information content (AvgIpc) is 2.92. The zero-order valence-electron chi connectivity index (χ0n) is 12.3. The highest BCUT2D eigenvalue weighted by atomic mass is 31.2. The molecule has 3 heterocycles. The highest BCUT2D eigenvalue weighted by Gasteiger charge is 2.49. The molecule has 24 heavy (non-hydrogen) atoms. The van der Waals surface area contributed by atoms with Crippen LogP contribution in [-0.2, 0) is 18.3 Å². The van der Waals surface area contributed by atoms with Crippen molar-refractivity contribution in [3.05, 3.63) is 32.9 Å². The Balaban J connectivity index is 1.82. The van der Waals surface area contributed by atoms with Gasteiger partial charge in [0.25, 0.3) is 5.56 Å². The number of hydrogen-bond donors (Lipinski definition) is 3. The summed E-state index contributed by atoms with van der Waals surface area (Å²) >= 11 is 0. The van der Waals surface area contributed by atoms with Crippen molar-refractivity contribution in [1.29, 1.82) is 0 Å². The number of ether oxygens (including phenoxy) is 1. The first-order chi connectivity index (χ1) is 11.3. The van der Waals surface area contributed by atoms with E-state index < -0.39 is 48.9 Å². The average molecular weight is 366 g/mol. The van der Waals surface area contributed by atoms with Crippen LogP contribution in [-0.4, -0.2) is 51.0 Å². The van der Waals surface area contributed by atoms with Crippen LogP contribution in [0, 0.1) is 5.82 Å². The van der Waals surface area contributed by atoms with E-state index in [1.165, 1.54) is 0 Å². The van der Waals surface area contributed by atoms with Crippen molar-refractivity contribution in [1.82, 2.24) is 9.55 Å². The number of rotatable bonds is 3. The molecule has 0 radical (unpaired) electrons. The van der Waals surface area contributed by atoms with Gasteiger partial charge in [0.2, 0.25) is 5.82 Å². The highest BCUT2D eigenvalue weighted by molar-refractivity contribution is 7.54. The van der Waals surface area contributed by atoms with E-state index in [1.54, 1.807) is 4.98 Å². The molecule has 3 rings (SSSR count). The zero-order valence-corrected chi connectivity index (χ0v) is 13.2. The fourth-order valence-electron chi connectivity index (χ4n) is 2.60. The maximum atomic E-state index is 13.4. The Hall–Kier alpha value is -1.36. The summed E-state index contributed by atoms with van der Waals surface area (Å²) in [5, 5.41) is 20.3. The number of aliphatic hydroxyl groups excluding tert-OH is 2. The Morgan fingerprint density at radius 2 is 2.04 bits per heavy atom. The molecule has 12 heteroatoms. The third-order valence-corrected chi connectivity index (χ3v) is 5.85. The molecule has 1 unspecified atom stereocenters. The molecule has 10 nitrogen and oxygen atoms in total. The van der Waals surface area contributed by atoms with Gasteiger partial charge in [-0.2, -0.15) is 4.39 Å². The van der Waals surface area contributed by atoms with Gasteiger partial charge in [-0.1, -0.05) is 0 Å². The van der Waals surface area contributed by atoms with Gasteiger partial charge >= 0.3 is 13.3 Å². The molecule has 4 atom stereocenters. The lowest BCUT2D eigenvalue weighted by atomic mass is 10.2. The molecule has 2 aliphatic heterocycles. The number of nitrogens with one attached hydrogen (secondary N) is 1. The second-order valence-corrected chi connectivity index (χ2v) is 7.60. The van der Waals surface area contributed by atoms with Crippen LogP contribution >= 0.6 is 7.60 Å². The molecule has 0 amide bonds. The first-order valence-corrected chi connectivity index (χ1v) is 8.84. The van der Waals surface area contributed by atoms with Gasteiger partial charge < -0.3 is 24.0 Å². The summed E-state index contributed by atoms with van der Waals surface area (Å²) in [6.07, 6.45) is -2.85. The van der Waals surface area contributed by atoms with Crippen LogP contribution in [0.25, 0.3) is 0 Å². The van der Waals surface area contributed by atoms with Gasteiger partial charge in [0.1, 0.15) is 12.3 Å². The van der Waals surface area contributed by atoms with Crippen LogP contribution < -0.4 is 11.2 Å². The van der Waals surface area contributed by atoms with Gasteiger partial charge in [0, 0.05) is 6.42 Å². The van der Waals surface area contributed by atoms with Gasteiger partial charge in [-0.3, -0.25) is 18.9 Å². The topological polar surface area (TPSA) is 140 Å². The second kappa shape index (κ2) is 6.51. The standard InChI is InChI=1S/C12H16FN2O8P/c13-6-5-15(12(19)14-10(6)17)8-4-7(16)9(23-8)11(18)24(20)21-2-1-3-22-24/h5,7-9,11,16,18H,1-4H2,(H,14,17,19)/t7-,8+,9-,11?/m0/s1. The summed E-state index contributed by atoms with van der Waals surface area (Å²) in [6.45, 7) is 0.260. The summed E-state index contributed by atoms with van der Waals surface area (Å²) in [4.78, 5) is 24.6. The van der Waals surface area contributed by atoms with E-state index in [1.807, 2.05) is 0 Å². The van der Waals surface area contributed by atoms with Gasteiger partial charge in [0.05, 0.1) is 25.5 Å². The van der Waals surface area contributed by atoms with Crippen molar-refractivity contribution in [2.75, 3.05) is 13.2 Å². The molecule has 0 aliphatic carbocycles. The molecule has 2 aliphatic rings. The van der Waals surface area contributed by atoms with Crippen LogP contribution in [0.5, 0.6) is 0 Å². The molecular weight excluding hydrogens is 350 g/mol. The molecule has 1 aromatic heterocycles. The fraction of sp³-hybridized carbons (Fsp3) is 0.667. The molecule has 2 fully saturated rings. The number of H-pyrrole nitrogens is 1. The van der Waals surface area contributed by atoms with Gasteiger partial charge in [-0.05, 0) is 6.42 Å². The van der Waals surface area contributed by atoms with Crippen molar-refractivity contribution in [2.45, 2.75) is 37.1 Å². The number of aromatic amines is 1. The lowest BCUT2D eigenvalue weighted by Gasteiger charge is -2.30. The summed E-state index contributed by atoms with van der Waals surface area (Å²) in [6, 6.07) is 0. The lowest BCUT2D eigenvalue weighted by molar-refractivity contribution is -0.0693. The third kappa shape index (κ3) is 3.10. The Labute approximate surface area is 134 Å². The van der Waals surface area contributed by atoms with Crippen LogP contribution in [0.2, 0.25) is 0 Å². The first-order valence-electron chi connectivity index (χ1n) is 7.23. The molecule has 3 N–H and O–H groups in total. The molecule has 1 aromatic rings. The van der Waals surface area contributed by atoms with E-state index in [9.17, 15) is 28.8 Å². The molecule has 0 aromatic carbocycles. The van der Waals surface area contributed by atoms with Gasteiger partial charge in [0.15, 0.2) is 5.85 Å². The van der Waals surface area contributed by atoms with E-state index >= 15 is 0 Å². The summed E-state index contributed by atoms with van der Waals surface area (Å²) in [5.74, 6) is -2.97. The minimum atomic E-state index is -3.89. The molecule has 0 spiro atoms. The summed E-state index contributed by atoms with van der Waals surface area (Å²) in [5.41, 5.74) is -2.12. The lowest BCUT2D eigenvalue weighted by Crippen LogP contribution is -2.37. The fourth-order valence-corrected chi connectivity index (χ4v) is 4.38. The van der Waals surface area contributed by atoms with Crippen molar-refractivity contribution in [3.8, 4) is 0 Å². The van der Waals surface area contributed by atoms with Crippen LogP contribution in [0.4, 0.5) is 4.39 Å². The molecular formula is C12H16FN2O8P. The van der Waals surface area contributed by atoms with Gasteiger partial charge in [-0.15, -0.1) is 0 Å². The monoisotopic (exact) mass is 366 g/mol. The van der Waals surface area contributed by atoms with Crippen molar-refractivity contribution in [3.63, 3.8) is 0 Å². The predicted octanol–water partition coefficient (Wildman–Crippen LogP) is -0.728. The van der Waals surface area contributed by atoms with Gasteiger partial charge in [-0.25, -0.2) is 4.79 Å². The Morgan fingerprint density at radius 1 is 1.38 bits per heavy atom. The van der Waals surface area contributed by atoms with E-state index in [0.29, 0.717) is 12.6 Å². The zero-order chi connectivity index (χ0) is 17.5. The highest BCUT2D eigenvalue weighted by Crippen LogP contribution is 2.57. The number of aromatic nitrogens is 2. The number of hydrogen-bond acceptors (Lipinski definition) is 8. The molecule has 2 saturated heterocycles. The minimum Gasteiger partial charge on any atom is -0.390 e. The predicted molar refractivity (Wildman–Crippen MR) is 75.9 cm³/mol. The number of aliphatic hydroxyl groups is 2. The maximum absolute atomic E-state index is 13.4.